The minimum Gasteiger partial charge on any atom is -0.366 e. The predicted octanol–water partition coefficient (Wildman–Crippen LogP) is 1.76. The van der Waals surface area contributed by atoms with Gasteiger partial charge < -0.3 is 5.73 Å². The van der Waals surface area contributed by atoms with Crippen LogP contribution in [0, 0.1) is 0 Å². The molecule has 3 rings (SSSR count). The van der Waals surface area contributed by atoms with Crippen molar-refractivity contribution in [2.75, 3.05) is 6.54 Å². The zero-order chi connectivity index (χ0) is 14.1. The summed E-state index contributed by atoms with van der Waals surface area (Å²) < 4.78 is 3.08. The van der Waals surface area contributed by atoms with E-state index < -0.39 is 0 Å². The molecule has 1 amide bonds. The Kier molecular flexibility index (Phi) is 3.58. The molecule has 5 nitrogen and oxygen atoms in total. The van der Waals surface area contributed by atoms with E-state index in [2.05, 4.69) is 25.9 Å². The quantitative estimate of drug-likeness (QED) is 0.930. The van der Waals surface area contributed by atoms with E-state index in [1.807, 2.05) is 29.1 Å². The third-order valence-electron chi connectivity index (χ3n) is 3.52. The van der Waals surface area contributed by atoms with Crippen LogP contribution in [0.4, 0.5) is 0 Å². The number of hydrogen-bond acceptors (Lipinski definition) is 3. The van der Waals surface area contributed by atoms with Crippen molar-refractivity contribution < 1.29 is 4.79 Å². The molecule has 0 radical (unpaired) electrons. The van der Waals surface area contributed by atoms with Gasteiger partial charge in [0.1, 0.15) is 0 Å². The Morgan fingerprint density at radius 3 is 3.05 bits per heavy atom. The van der Waals surface area contributed by atoms with E-state index in [1.165, 1.54) is 5.69 Å². The van der Waals surface area contributed by atoms with Crippen LogP contribution in [0.1, 0.15) is 21.6 Å². The molecule has 0 bridgehead atoms. The van der Waals surface area contributed by atoms with Crippen molar-refractivity contribution >= 4 is 21.8 Å². The van der Waals surface area contributed by atoms with Crippen LogP contribution in [0.15, 0.2) is 34.9 Å². The van der Waals surface area contributed by atoms with Crippen molar-refractivity contribution in [1.82, 2.24) is 14.7 Å². The van der Waals surface area contributed by atoms with Gasteiger partial charge >= 0.3 is 0 Å². The summed E-state index contributed by atoms with van der Waals surface area (Å²) in [7, 11) is 0. The van der Waals surface area contributed by atoms with E-state index in [0.717, 1.165) is 36.2 Å². The fourth-order valence-corrected chi connectivity index (χ4v) is 2.90. The van der Waals surface area contributed by atoms with E-state index in [0.29, 0.717) is 5.56 Å². The maximum absolute atomic E-state index is 11.2. The highest BCUT2D eigenvalue weighted by Crippen LogP contribution is 2.22. The summed E-state index contributed by atoms with van der Waals surface area (Å²) in [5.74, 6) is -0.383. The van der Waals surface area contributed by atoms with Gasteiger partial charge in [0.2, 0.25) is 5.91 Å². The number of carbonyl (C=O) groups is 1. The number of nitrogens with zero attached hydrogens (tertiary/aromatic N) is 3. The van der Waals surface area contributed by atoms with Crippen molar-refractivity contribution in [2.45, 2.75) is 19.6 Å². The lowest BCUT2D eigenvalue weighted by Gasteiger charge is -2.28. The molecule has 0 saturated heterocycles. The molecular formula is C14H15BrN4O. The maximum Gasteiger partial charge on any atom is 0.248 e. The summed E-state index contributed by atoms with van der Waals surface area (Å²) in [4.78, 5) is 13.5. The number of halogens is 1. The lowest BCUT2D eigenvalue weighted by molar-refractivity contribution is 0.1000. The van der Waals surface area contributed by atoms with Crippen LogP contribution in [0.25, 0.3) is 0 Å². The Morgan fingerprint density at radius 2 is 2.25 bits per heavy atom. The fourth-order valence-electron chi connectivity index (χ4n) is 2.48. The molecule has 20 heavy (non-hydrogen) atoms. The summed E-state index contributed by atoms with van der Waals surface area (Å²) in [5.41, 5.74) is 8.17. The van der Waals surface area contributed by atoms with Gasteiger partial charge in [-0.15, -0.1) is 0 Å². The number of aromatic nitrogens is 2. The standard InChI is InChI=1S/C14H15BrN4O/c15-12-7-17-19-5-4-18(9-13(12)19)8-10-2-1-3-11(6-10)14(16)20/h1-3,6-7H,4-5,8-9H2,(H2,16,20). The van der Waals surface area contributed by atoms with Gasteiger partial charge in [-0.2, -0.15) is 5.10 Å². The lowest BCUT2D eigenvalue weighted by Crippen LogP contribution is -2.33. The average molecular weight is 335 g/mol. The molecule has 6 heteroatoms. The van der Waals surface area contributed by atoms with Gasteiger partial charge in [-0.1, -0.05) is 12.1 Å². The first-order chi connectivity index (χ1) is 9.63. The van der Waals surface area contributed by atoms with Crippen LogP contribution < -0.4 is 5.73 Å². The average Bonchev–Trinajstić information content (AvgIpc) is 2.81. The Balaban J connectivity index is 1.75. The maximum atomic E-state index is 11.2. The first kappa shape index (κ1) is 13.3. The van der Waals surface area contributed by atoms with Gasteiger partial charge in [-0.25, -0.2) is 0 Å². The minimum absolute atomic E-state index is 0.383. The van der Waals surface area contributed by atoms with Crippen LogP contribution in [-0.2, 0) is 19.6 Å². The highest BCUT2D eigenvalue weighted by molar-refractivity contribution is 9.10. The Morgan fingerprint density at radius 1 is 1.40 bits per heavy atom. The smallest absolute Gasteiger partial charge is 0.248 e. The third kappa shape index (κ3) is 2.62. The Labute approximate surface area is 125 Å². The SMILES string of the molecule is NC(=O)c1cccc(CN2CCn3ncc(Br)c3C2)c1. The van der Waals surface area contributed by atoms with Crippen molar-refractivity contribution in [3.63, 3.8) is 0 Å². The number of fused-ring (bicyclic) bond motifs is 1. The number of nitrogens with two attached hydrogens (primary N) is 1. The molecule has 2 N–H and O–H groups in total. The topological polar surface area (TPSA) is 64.2 Å². The van der Waals surface area contributed by atoms with Crippen LogP contribution in [0.2, 0.25) is 0 Å². The second-order valence-electron chi connectivity index (χ2n) is 4.94. The van der Waals surface area contributed by atoms with Gasteiger partial charge in [0.25, 0.3) is 0 Å². The Bertz CT molecular complexity index is 652. The van der Waals surface area contributed by atoms with Crippen molar-refractivity contribution in [2.24, 2.45) is 5.73 Å². The summed E-state index contributed by atoms with van der Waals surface area (Å²) in [6, 6.07) is 7.50. The molecule has 2 heterocycles. The molecule has 0 aliphatic carbocycles. The van der Waals surface area contributed by atoms with E-state index in [-0.39, 0.29) is 5.91 Å². The summed E-state index contributed by atoms with van der Waals surface area (Å²) in [6.45, 7) is 3.48. The molecule has 0 unspecified atom stereocenters. The fraction of sp³-hybridized carbons (Fsp3) is 0.286. The second kappa shape index (κ2) is 5.38. The minimum atomic E-state index is -0.383. The van der Waals surface area contributed by atoms with Crippen LogP contribution in [0.3, 0.4) is 0 Å². The first-order valence-corrected chi connectivity index (χ1v) is 7.24. The van der Waals surface area contributed by atoms with Gasteiger partial charge in [-0.3, -0.25) is 14.4 Å². The van der Waals surface area contributed by atoms with Gasteiger partial charge in [0, 0.05) is 25.2 Å². The molecule has 1 aliphatic heterocycles. The normalized spacial score (nSPS) is 15.1. The number of amides is 1. The molecule has 0 atom stereocenters. The lowest BCUT2D eigenvalue weighted by atomic mass is 10.1. The molecular weight excluding hydrogens is 320 g/mol. The van der Waals surface area contributed by atoms with Gasteiger partial charge in [-0.05, 0) is 33.6 Å². The molecule has 0 saturated carbocycles. The number of rotatable bonds is 3. The zero-order valence-corrected chi connectivity index (χ0v) is 12.5. The second-order valence-corrected chi connectivity index (χ2v) is 5.79. The first-order valence-electron chi connectivity index (χ1n) is 6.45. The van der Waals surface area contributed by atoms with E-state index in [1.54, 1.807) is 6.07 Å². The summed E-state index contributed by atoms with van der Waals surface area (Å²) >= 11 is 3.52. The zero-order valence-electron chi connectivity index (χ0n) is 10.9. The van der Waals surface area contributed by atoms with Crippen LogP contribution >= 0.6 is 15.9 Å². The van der Waals surface area contributed by atoms with Crippen molar-refractivity contribution in [3.05, 3.63) is 51.8 Å². The van der Waals surface area contributed by atoms with Crippen LogP contribution in [0.5, 0.6) is 0 Å². The van der Waals surface area contributed by atoms with E-state index >= 15 is 0 Å². The van der Waals surface area contributed by atoms with E-state index in [4.69, 9.17) is 5.73 Å². The highest BCUT2D eigenvalue weighted by Gasteiger charge is 2.19. The number of hydrogen-bond donors (Lipinski definition) is 1. The molecule has 104 valence electrons. The summed E-state index contributed by atoms with van der Waals surface area (Å²) in [5, 5.41) is 4.32. The highest BCUT2D eigenvalue weighted by atomic mass is 79.9. The van der Waals surface area contributed by atoms with Gasteiger partial charge in [0.15, 0.2) is 0 Å². The summed E-state index contributed by atoms with van der Waals surface area (Å²) in [6.07, 6.45) is 1.84. The molecule has 1 aromatic carbocycles. The number of carbonyl (C=O) groups excluding carboxylic acids is 1. The molecule has 2 aromatic rings. The molecule has 1 aromatic heterocycles. The third-order valence-corrected chi connectivity index (χ3v) is 4.18. The largest absolute Gasteiger partial charge is 0.366 e. The monoisotopic (exact) mass is 334 g/mol. The molecule has 1 aliphatic rings. The molecule has 0 spiro atoms. The molecule has 0 fully saturated rings. The Hall–Kier alpha value is -1.66. The van der Waals surface area contributed by atoms with Gasteiger partial charge in [0.05, 0.1) is 22.9 Å². The number of primary amides is 1. The van der Waals surface area contributed by atoms with Crippen LogP contribution in [-0.4, -0.2) is 27.1 Å². The van der Waals surface area contributed by atoms with Crippen molar-refractivity contribution in [3.8, 4) is 0 Å². The van der Waals surface area contributed by atoms with E-state index in [9.17, 15) is 4.79 Å². The van der Waals surface area contributed by atoms with Crippen molar-refractivity contribution in [1.29, 1.82) is 0 Å². The predicted molar refractivity (Wildman–Crippen MR) is 79.0 cm³/mol. The number of benzene rings is 1.